The van der Waals surface area contributed by atoms with E-state index in [-0.39, 0.29) is 11.9 Å². The highest BCUT2D eigenvalue weighted by atomic mass is 16.2. The number of hydrogen-bond acceptors (Lipinski definition) is 3. The van der Waals surface area contributed by atoms with Crippen LogP contribution in [0.5, 0.6) is 0 Å². The van der Waals surface area contributed by atoms with Gasteiger partial charge in [-0.3, -0.25) is 4.79 Å². The number of carbonyl (C=O) groups is 1. The molecule has 3 N–H and O–H groups in total. The Kier molecular flexibility index (Phi) is 2.65. The highest BCUT2D eigenvalue weighted by molar-refractivity contribution is 5.89. The van der Waals surface area contributed by atoms with E-state index in [1.807, 2.05) is 18.3 Å². The maximum absolute atomic E-state index is 12.2. The summed E-state index contributed by atoms with van der Waals surface area (Å²) in [6, 6.07) is 8.22. The molecule has 5 nitrogen and oxygen atoms in total. The van der Waals surface area contributed by atoms with E-state index in [4.69, 9.17) is 5.73 Å². The second-order valence-corrected chi connectivity index (χ2v) is 6.01. The predicted octanol–water partition coefficient (Wildman–Crippen LogP) is 1.47. The Morgan fingerprint density at radius 3 is 3.00 bits per heavy atom. The van der Waals surface area contributed by atoms with E-state index < -0.39 is 5.54 Å². The summed E-state index contributed by atoms with van der Waals surface area (Å²) in [5.41, 5.74) is 7.77. The van der Waals surface area contributed by atoms with Gasteiger partial charge in [-0.1, -0.05) is 18.2 Å². The number of aryl methyl sites for hydroxylation is 1. The van der Waals surface area contributed by atoms with Crippen molar-refractivity contribution >= 4 is 5.91 Å². The fourth-order valence-corrected chi connectivity index (χ4v) is 2.96. The van der Waals surface area contributed by atoms with Gasteiger partial charge in [-0.2, -0.15) is 0 Å². The molecule has 21 heavy (non-hydrogen) atoms. The highest BCUT2D eigenvalue weighted by Gasteiger charge is 2.46. The van der Waals surface area contributed by atoms with Gasteiger partial charge in [0.25, 0.3) is 0 Å². The lowest BCUT2D eigenvalue weighted by atomic mass is 10.0. The second-order valence-electron chi connectivity index (χ2n) is 6.01. The molecular formula is C16H18N4O. The van der Waals surface area contributed by atoms with Crippen LogP contribution in [0.15, 0.2) is 36.7 Å². The SMILES string of the molecule is NC1(C(=O)NC2CCc3ccccc3-n3ccnc32)CC1. The Morgan fingerprint density at radius 1 is 1.38 bits per heavy atom. The third kappa shape index (κ3) is 2.05. The van der Waals surface area contributed by atoms with Crippen molar-refractivity contribution in [3.05, 3.63) is 48.0 Å². The number of nitrogens with two attached hydrogens (primary N) is 1. The Balaban J connectivity index is 1.68. The lowest BCUT2D eigenvalue weighted by Crippen LogP contribution is -2.44. The fourth-order valence-electron chi connectivity index (χ4n) is 2.96. The van der Waals surface area contributed by atoms with E-state index in [9.17, 15) is 4.79 Å². The van der Waals surface area contributed by atoms with Gasteiger partial charge in [-0.05, 0) is 37.3 Å². The zero-order chi connectivity index (χ0) is 14.4. The quantitative estimate of drug-likeness (QED) is 0.876. The van der Waals surface area contributed by atoms with Crippen molar-refractivity contribution in [3.8, 4) is 5.69 Å². The lowest BCUT2D eigenvalue weighted by molar-refractivity contribution is -0.124. The first-order chi connectivity index (χ1) is 10.2. The van der Waals surface area contributed by atoms with Crippen LogP contribution in [-0.2, 0) is 11.2 Å². The van der Waals surface area contributed by atoms with Gasteiger partial charge in [0, 0.05) is 18.1 Å². The van der Waals surface area contributed by atoms with Gasteiger partial charge < -0.3 is 15.6 Å². The summed E-state index contributed by atoms with van der Waals surface area (Å²) in [5, 5.41) is 3.09. The molecule has 4 rings (SSSR count). The van der Waals surface area contributed by atoms with Crippen molar-refractivity contribution in [2.75, 3.05) is 0 Å². The Bertz CT molecular complexity index is 702. The number of para-hydroxylation sites is 1. The van der Waals surface area contributed by atoms with Crippen LogP contribution in [-0.4, -0.2) is 21.0 Å². The molecular weight excluding hydrogens is 264 g/mol. The van der Waals surface area contributed by atoms with Gasteiger partial charge in [0.15, 0.2) is 0 Å². The number of amides is 1. The van der Waals surface area contributed by atoms with Crippen molar-refractivity contribution in [3.63, 3.8) is 0 Å². The first-order valence-corrected chi connectivity index (χ1v) is 7.39. The molecule has 5 heteroatoms. The van der Waals surface area contributed by atoms with Crippen LogP contribution in [0.3, 0.4) is 0 Å². The lowest BCUT2D eigenvalue weighted by Gasteiger charge is -2.19. The van der Waals surface area contributed by atoms with Gasteiger partial charge >= 0.3 is 0 Å². The molecule has 1 saturated carbocycles. The maximum atomic E-state index is 12.2. The van der Waals surface area contributed by atoms with Crippen LogP contribution in [0.25, 0.3) is 5.69 Å². The minimum atomic E-state index is -0.642. The van der Waals surface area contributed by atoms with Crippen LogP contribution >= 0.6 is 0 Å². The topological polar surface area (TPSA) is 72.9 Å². The van der Waals surface area contributed by atoms with Crippen LogP contribution < -0.4 is 11.1 Å². The van der Waals surface area contributed by atoms with Crippen molar-refractivity contribution in [2.24, 2.45) is 5.73 Å². The number of carbonyl (C=O) groups excluding carboxylic acids is 1. The van der Waals surface area contributed by atoms with Gasteiger partial charge in [0.2, 0.25) is 5.91 Å². The average Bonchev–Trinajstić information content (AvgIpc) is 3.11. The Hall–Kier alpha value is -2.14. The zero-order valence-corrected chi connectivity index (χ0v) is 11.7. The van der Waals surface area contributed by atoms with E-state index in [2.05, 4.69) is 27.0 Å². The molecule has 0 bridgehead atoms. The minimum absolute atomic E-state index is 0.0481. The molecule has 108 valence electrons. The molecule has 1 atom stereocenters. The van der Waals surface area contributed by atoms with E-state index in [0.717, 1.165) is 37.2 Å². The number of nitrogens with zero attached hydrogens (tertiary/aromatic N) is 2. The zero-order valence-electron chi connectivity index (χ0n) is 11.7. The third-order valence-electron chi connectivity index (χ3n) is 4.48. The molecule has 2 heterocycles. The number of fused-ring (bicyclic) bond motifs is 3. The number of rotatable bonds is 2. The molecule has 2 aromatic rings. The van der Waals surface area contributed by atoms with Crippen LogP contribution in [0.1, 0.15) is 36.7 Å². The number of imidazole rings is 1. The number of benzene rings is 1. The van der Waals surface area contributed by atoms with Crippen LogP contribution in [0.4, 0.5) is 0 Å². The standard InChI is InChI=1S/C16H18N4O/c17-16(7-8-16)15(21)19-12-6-5-11-3-1-2-4-13(11)20-10-9-18-14(12)20/h1-4,9-10,12H,5-8,17H2,(H,19,21). The number of aromatic nitrogens is 2. The maximum Gasteiger partial charge on any atom is 0.240 e. The van der Waals surface area contributed by atoms with Crippen LogP contribution in [0.2, 0.25) is 0 Å². The molecule has 1 aliphatic carbocycles. The molecule has 1 aliphatic heterocycles. The molecule has 1 aromatic carbocycles. The van der Waals surface area contributed by atoms with Crippen LogP contribution in [0, 0.1) is 0 Å². The van der Waals surface area contributed by atoms with E-state index >= 15 is 0 Å². The molecule has 2 aliphatic rings. The summed E-state index contributed by atoms with van der Waals surface area (Å²) in [5.74, 6) is 0.838. The summed E-state index contributed by atoms with van der Waals surface area (Å²) in [6.07, 6.45) is 7.05. The highest BCUT2D eigenvalue weighted by Crippen LogP contribution is 2.34. The number of nitrogens with one attached hydrogen (secondary N) is 1. The molecule has 0 spiro atoms. The fraction of sp³-hybridized carbons (Fsp3) is 0.375. The van der Waals surface area contributed by atoms with Crippen molar-refractivity contribution < 1.29 is 4.79 Å². The first kappa shape index (κ1) is 12.6. The third-order valence-corrected chi connectivity index (χ3v) is 4.48. The molecule has 1 aromatic heterocycles. The molecule has 1 unspecified atom stereocenters. The van der Waals surface area contributed by atoms with Gasteiger partial charge in [0.1, 0.15) is 5.82 Å². The smallest absolute Gasteiger partial charge is 0.240 e. The van der Waals surface area contributed by atoms with Gasteiger partial charge in [-0.25, -0.2) is 4.98 Å². The van der Waals surface area contributed by atoms with E-state index in [1.165, 1.54) is 5.56 Å². The molecule has 1 amide bonds. The minimum Gasteiger partial charge on any atom is -0.345 e. The predicted molar refractivity (Wildman–Crippen MR) is 78.9 cm³/mol. The first-order valence-electron chi connectivity index (χ1n) is 7.39. The van der Waals surface area contributed by atoms with Crippen molar-refractivity contribution in [2.45, 2.75) is 37.3 Å². The van der Waals surface area contributed by atoms with Gasteiger partial charge in [-0.15, -0.1) is 0 Å². The molecule has 0 saturated heterocycles. The molecule has 1 fully saturated rings. The van der Waals surface area contributed by atoms with Gasteiger partial charge in [0.05, 0.1) is 11.6 Å². The monoisotopic (exact) mass is 282 g/mol. The van der Waals surface area contributed by atoms with E-state index in [1.54, 1.807) is 6.20 Å². The van der Waals surface area contributed by atoms with Crippen molar-refractivity contribution in [1.82, 2.24) is 14.9 Å². The second kappa shape index (κ2) is 4.43. The summed E-state index contributed by atoms with van der Waals surface area (Å²) in [4.78, 5) is 16.7. The molecule has 0 radical (unpaired) electrons. The average molecular weight is 282 g/mol. The summed E-state index contributed by atoms with van der Waals surface area (Å²) < 4.78 is 2.07. The largest absolute Gasteiger partial charge is 0.345 e. The summed E-state index contributed by atoms with van der Waals surface area (Å²) >= 11 is 0. The van der Waals surface area contributed by atoms with Crippen molar-refractivity contribution in [1.29, 1.82) is 0 Å². The number of hydrogen-bond donors (Lipinski definition) is 2. The Labute approximate surface area is 123 Å². The Morgan fingerprint density at radius 2 is 2.19 bits per heavy atom. The summed E-state index contributed by atoms with van der Waals surface area (Å²) in [6.45, 7) is 0. The summed E-state index contributed by atoms with van der Waals surface area (Å²) in [7, 11) is 0. The normalized spacial score (nSPS) is 21.9. The van der Waals surface area contributed by atoms with E-state index in [0.29, 0.717) is 0 Å².